The summed E-state index contributed by atoms with van der Waals surface area (Å²) in [6.45, 7) is 9.51. The van der Waals surface area contributed by atoms with Gasteiger partial charge in [-0.25, -0.2) is 0 Å². The van der Waals surface area contributed by atoms with Crippen molar-refractivity contribution in [2.45, 2.75) is 137 Å². The van der Waals surface area contributed by atoms with E-state index in [-0.39, 0.29) is 0 Å². The first kappa shape index (κ1) is 26.4. The zero-order chi connectivity index (χ0) is 19.3. The Morgan fingerprint density at radius 2 is 0.654 bits per heavy atom. The summed E-state index contributed by atoms with van der Waals surface area (Å²) in [4.78, 5) is 0. The van der Waals surface area contributed by atoms with Gasteiger partial charge in [0.25, 0.3) is 0 Å². The summed E-state index contributed by atoms with van der Waals surface area (Å²) < 4.78 is 0. The summed E-state index contributed by atoms with van der Waals surface area (Å²) in [6.07, 6.45) is 31.6. The molecule has 0 aromatic heterocycles. The first-order chi connectivity index (χ1) is 12.7. The monoisotopic (exact) mass is 386 g/mol. The third-order valence-corrected chi connectivity index (χ3v) is 12.3. The maximum absolute atomic E-state index is 2.43. The van der Waals surface area contributed by atoms with Crippen molar-refractivity contribution in [3.8, 4) is 0 Å². The van der Waals surface area contributed by atoms with Crippen LogP contribution in [0.3, 0.4) is 0 Å². The molecule has 0 nitrogen and oxygen atoms in total. The fourth-order valence-electron chi connectivity index (χ4n) is 4.72. The van der Waals surface area contributed by atoms with E-state index >= 15 is 0 Å². The van der Waals surface area contributed by atoms with Gasteiger partial charge in [-0.1, -0.05) is 13.3 Å². The molecule has 0 fully saturated rings. The van der Waals surface area contributed by atoms with Crippen LogP contribution in [0.5, 0.6) is 0 Å². The first-order valence-corrected chi connectivity index (χ1v) is 15.6. The summed E-state index contributed by atoms with van der Waals surface area (Å²) in [7, 11) is -0.935. The van der Waals surface area contributed by atoms with Gasteiger partial charge >= 0.3 is 155 Å². The van der Waals surface area contributed by atoms with Gasteiger partial charge < -0.3 is 0 Å². The van der Waals surface area contributed by atoms with E-state index in [2.05, 4.69) is 27.7 Å². The Bertz CT molecular complexity index is 253. The summed E-state index contributed by atoms with van der Waals surface area (Å²) in [6, 6.07) is 0. The van der Waals surface area contributed by atoms with Gasteiger partial charge in [0.05, 0.1) is 0 Å². The standard InChI is InChI=1S/C25H55P/c1-5-9-12-13-14-15-16-17-18-19-20-21-25-26(22-8-4,23-10-6-2)24-11-7-3/h26H,5-25H2,1-4H3. The zero-order valence-electron chi connectivity index (χ0n) is 19.3. The number of unbranched alkanes of at least 4 members (excludes halogenated alkanes) is 13. The molecule has 0 aliphatic rings. The predicted octanol–water partition coefficient (Wildman–Crippen LogP) is 9.45. The van der Waals surface area contributed by atoms with Crippen LogP contribution in [0.4, 0.5) is 0 Å². The summed E-state index contributed by atoms with van der Waals surface area (Å²) in [5.74, 6) is 0. The van der Waals surface area contributed by atoms with Crippen LogP contribution in [0.25, 0.3) is 0 Å². The predicted molar refractivity (Wildman–Crippen MR) is 129 cm³/mol. The van der Waals surface area contributed by atoms with Crippen molar-refractivity contribution in [1.82, 2.24) is 0 Å². The van der Waals surface area contributed by atoms with Crippen LogP contribution in [0.1, 0.15) is 137 Å². The molecular formula is C25H55P. The Balaban J connectivity index is 3.79. The van der Waals surface area contributed by atoms with Crippen LogP contribution in [0.2, 0.25) is 0 Å². The van der Waals surface area contributed by atoms with E-state index < -0.39 is 7.26 Å². The molecule has 0 radical (unpaired) electrons. The molecule has 0 rings (SSSR count). The summed E-state index contributed by atoms with van der Waals surface area (Å²) in [5, 5.41) is 0. The topological polar surface area (TPSA) is 0 Å². The second-order valence-electron chi connectivity index (χ2n) is 9.10. The van der Waals surface area contributed by atoms with Gasteiger partial charge in [-0.3, -0.25) is 0 Å². The maximum atomic E-state index is 2.43. The molecule has 0 atom stereocenters. The van der Waals surface area contributed by atoms with Crippen molar-refractivity contribution in [3.63, 3.8) is 0 Å². The van der Waals surface area contributed by atoms with E-state index in [0.29, 0.717) is 0 Å². The number of hydrogen-bond acceptors (Lipinski definition) is 0. The molecule has 0 aliphatic carbocycles. The Kier molecular flexibility index (Phi) is 20.5. The number of rotatable bonds is 21. The van der Waals surface area contributed by atoms with Gasteiger partial charge in [0.15, 0.2) is 0 Å². The molecule has 160 valence electrons. The van der Waals surface area contributed by atoms with Crippen molar-refractivity contribution in [3.05, 3.63) is 0 Å². The van der Waals surface area contributed by atoms with Crippen molar-refractivity contribution >= 4 is 7.26 Å². The average molecular weight is 387 g/mol. The van der Waals surface area contributed by atoms with Gasteiger partial charge in [0.2, 0.25) is 0 Å². The van der Waals surface area contributed by atoms with Crippen LogP contribution in [-0.4, -0.2) is 24.6 Å². The van der Waals surface area contributed by atoms with Crippen molar-refractivity contribution in [2.75, 3.05) is 24.6 Å². The fraction of sp³-hybridized carbons (Fsp3) is 1.00. The van der Waals surface area contributed by atoms with Crippen molar-refractivity contribution in [1.29, 1.82) is 0 Å². The van der Waals surface area contributed by atoms with Gasteiger partial charge in [0, 0.05) is 0 Å². The van der Waals surface area contributed by atoms with E-state index in [0.717, 1.165) is 0 Å². The molecule has 0 unspecified atom stereocenters. The Hall–Kier alpha value is 0.430. The molecular weight excluding hydrogens is 331 g/mol. The molecule has 0 aliphatic heterocycles. The Morgan fingerprint density at radius 1 is 0.308 bits per heavy atom. The number of hydrogen-bond donors (Lipinski definition) is 0. The summed E-state index contributed by atoms with van der Waals surface area (Å²) in [5.41, 5.74) is 0. The fourth-order valence-corrected chi connectivity index (χ4v) is 10.5. The molecule has 0 N–H and O–H groups in total. The zero-order valence-corrected chi connectivity index (χ0v) is 20.3. The Morgan fingerprint density at radius 3 is 1.04 bits per heavy atom. The molecule has 0 heterocycles. The molecule has 0 spiro atoms. The van der Waals surface area contributed by atoms with Crippen LogP contribution < -0.4 is 0 Å². The average Bonchev–Trinajstić information content (AvgIpc) is 2.65. The second kappa shape index (κ2) is 20.2. The van der Waals surface area contributed by atoms with Crippen LogP contribution >= 0.6 is 7.26 Å². The van der Waals surface area contributed by atoms with E-state index in [1.807, 2.05) is 0 Å². The Labute approximate surface area is 169 Å². The normalized spacial score (nSPS) is 12.6. The molecule has 0 saturated heterocycles. The van der Waals surface area contributed by atoms with Crippen molar-refractivity contribution < 1.29 is 0 Å². The quantitative estimate of drug-likeness (QED) is 0.136. The van der Waals surface area contributed by atoms with E-state index in [1.165, 1.54) is 103 Å². The van der Waals surface area contributed by atoms with E-state index in [4.69, 9.17) is 0 Å². The van der Waals surface area contributed by atoms with Gasteiger partial charge in [-0.15, -0.1) is 0 Å². The van der Waals surface area contributed by atoms with E-state index in [1.54, 1.807) is 31.1 Å². The minimum absolute atomic E-state index is 0.935. The third kappa shape index (κ3) is 15.5. The van der Waals surface area contributed by atoms with Crippen LogP contribution in [-0.2, 0) is 0 Å². The van der Waals surface area contributed by atoms with Crippen LogP contribution in [0.15, 0.2) is 0 Å². The molecule has 0 aromatic carbocycles. The van der Waals surface area contributed by atoms with E-state index in [9.17, 15) is 0 Å². The molecule has 0 amide bonds. The van der Waals surface area contributed by atoms with Crippen LogP contribution in [0, 0.1) is 0 Å². The second-order valence-corrected chi connectivity index (χ2v) is 14.1. The molecule has 0 saturated carbocycles. The van der Waals surface area contributed by atoms with Gasteiger partial charge in [0.1, 0.15) is 0 Å². The molecule has 0 bridgehead atoms. The molecule has 1 heteroatoms. The summed E-state index contributed by atoms with van der Waals surface area (Å²) >= 11 is 0. The molecule has 0 aromatic rings. The molecule has 26 heavy (non-hydrogen) atoms. The third-order valence-electron chi connectivity index (χ3n) is 6.46. The van der Waals surface area contributed by atoms with Crippen molar-refractivity contribution in [2.24, 2.45) is 0 Å². The van der Waals surface area contributed by atoms with Gasteiger partial charge in [-0.2, -0.15) is 0 Å². The SMILES string of the molecule is CCCCCCCCCCCCCC[PH](CCC)(CCCC)CCCC. The minimum atomic E-state index is -0.935. The van der Waals surface area contributed by atoms with Gasteiger partial charge in [-0.05, 0) is 0 Å². The first-order valence-electron chi connectivity index (χ1n) is 12.7.